The monoisotopic (exact) mass is 352 g/mol. The minimum atomic E-state index is -0.320. The van der Waals surface area contributed by atoms with Gasteiger partial charge in [0.2, 0.25) is 0 Å². The summed E-state index contributed by atoms with van der Waals surface area (Å²) in [6, 6.07) is 6.64. The van der Waals surface area contributed by atoms with Crippen LogP contribution >= 0.6 is 15.9 Å². The molecule has 6 heteroatoms. The molecule has 0 atom stereocenters. The second-order valence-corrected chi connectivity index (χ2v) is 6.57. The summed E-state index contributed by atoms with van der Waals surface area (Å²) in [5.41, 5.74) is 0.463. The lowest BCUT2D eigenvalue weighted by Gasteiger charge is -2.19. The number of anilines is 3. The number of halogens is 2. The van der Waals surface area contributed by atoms with Crippen molar-refractivity contribution in [3.63, 3.8) is 0 Å². The maximum Gasteiger partial charge on any atom is 0.139 e. The van der Waals surface area contributed by atoms with Gasteiger partial charge < -0.3 is 10.6 Å². The van der Waals surface area contributed by atoms with E-state index in [0.29, 0.717) is 16.0 Å². The van der Waals surface area contributed by atoms with Crippen LogP contribution in [0.25, 0.3) is 0 Å². The standard InChI is InChI=1S/C15H18BrFN4/c1-15(2,3)14-20-12(18-4)8-13(21-14)19-9-5-6-10(16)11(17)7-9/h5-8H,1-4H3,(H2,18,19,20,21). The van der Waals surface area contributed by atoms with E-state index < -0.39 is 0 Å². The summed E-state index contributed by atoms with van der Waals surface area (Å²) in [6.07, 6.45) is 0. The fourth-order valence-corrected chi connectivity index (χ4v) is 1.94. The molecule has 0 spiro atoms. The number of rotatable bonds is 3. The third-order valence-corrected chi connectivity index (χ3v) is 3.49. The molecule has 4 nitrogen and oxygen atoms in total. The number of aromatic nitrogens is 2. The van der Waals surface area contributed by atoms with Crippen LogP contribution in [0.15, 0.2) is 28.7 Å². The van der Waals surface area contributed by atoms with Crippen molar-refractivity contribution in [2.24, 2.45) is 0 Å². The van der Waals surface area contributed by atoms with Crippen molar-refractivity contribution in [3.05, 3.63) is 40.4 Å². The molecule has 0 radical (unpaired) electrons. The Balaban J connectivity index is 2.36. The molecule has 0 saturated carbocycles. The minimum absolute atomic E-state index is 0.172. The summed E-state index contributed by atoms with van der Waals surface area (Å²) in [4.78, 5) is 8.96. The average molecular weight is 353 g/mol. The van der Waals surface area contributed by atoms with E-state index >= 15 is 0 Å². The van der Waals surface area contributed by atoms with Crippen LogP contribution in [0.4, 0.5) is 21.7 Å². The SMILES string of the molecule is CNc1cc(Nc2ccc(Br)c(F)c2)nc(C(C)(C)C)n1. The summed E-state index contributed by atoms with van der Waals surface area (Å²) < 4.78 is 14.0. The Bertz CT molecular complexity index is 653. The van der Waals surface area contributed by atoms with Gasteiger partial charge >= 0.3 is 0 Å². The van der Waals surface area contributed by atoms with E-state index in [0.717, 1.165) is 11.6 Å². The minimum Gasteiger partial charge on any atom is -0.373 e. The van der Waals surface area contributed by atoms with Crippen molar-refractivity contribution in [2.75, 3.05) is 17.7 Å². The maximum atomic E-state index is 13.6. The van der Waals surface area contributed by atoms with Crippen molar-refractivity contribution < 1.29 is 4.39 Å². The Kier molecular flexibility index (Phi) is 4.46. The van der Waals surface area contributed by atoms with Gasteiger partial charge in [-0.3, -0.25) is 0 Å². The molecule has 0 aliphatic heterocycles. The molecular weight excluding hydrogens is 335 g/mol. The van der Waals surface area contributed by atoms with Gasteiger partial charge in [-0.2, -0.15) is 0 Å². The third kappa shape index (κ3) is 3.91. The molecule has 1 heterocycles. The van der Waals surface area contributed by atoms with Crippen molar-refractivity contribution >= 4 is 33.3 Å². The quantitative estimate of drug-likeness (QED) is 0.855. The van der Waals surface area contributed by atoms with Crippen molar-refractivity contribution in [1.82, 2.24) is 9.97 Å². The summed E-state index contributed by atoms with van der Waals surface area (Å²) in [7, 11) is 1.80. The van der Waals surface area contributed by atoms with Gasteiger partial charge in [0.15, 0.2) is 0 Å². The van der Waals surface area contributed by atoms with Gasteiger partial charge in [-0.1, -0.05) is 20.8 Å². The lowest BCUT2D eigenvalue weighted by Crippen LogP contribution is -2.17. The van der Waals surface area contributed by atoms with Crippen LogP contribution in [0.2, 0.25) is 0 Å². The van der Waals surface area contributed by atoms with Gasteiger partial charge in [-0.05, 0) is 34.1 Å². The van der Waals surface area contributed by atoms with Crippen LogP contribution in [0, 0.1) is 5.82 Å². The Morgan fingerprint density at radius 1 is 1.10 bits per heavy atom. The molecule has 112 valence electrons. The van der Waals surface area contributed by atoms with E-state index in [9.17, 15) is 4.39 Å². The zero-order chi connectivity index (χ0) is 15.6. The summed E-state index contributed by atoms with van der Waals surface area (Å²) in [6.45, 7) is 6.14. The van der Waals surface area contributed by atoms with Crippen LogP contribution in [0.5, 0.6) is 0 Å². The van der Waals surface area contributed by atoms with Gasteiger partial charge in [-0.25, -0.2) is 14.4 Å². The Hall–Kier alpha value is -1.69. The van der Waals surface area contributed by atoms with Crippen LogP contribution in [-0.2, 0) is 5.41 Å². The first-order valence-corrected chi connectivity index (χ1v) is 7.38. The molecule has 0 bridgehead atoms. The number of benzene rings is 1. The molecule has 0 amide bonds. The smallest absolute Gasteiger partial charge is 0.139 e. The predicted octanol–water partition coefficient (Wildman–Crippen LogP) is 4.46. The molecule has 21 heavy (non-hydrogen) atoms. The number of hydrogen-bond donors (Lipinski definition) is 2. The van der Waals surface area contributed by atoms with Crippen molar-refractivity contribution in [2.45, 2.75) is 26.2 Å². The van der Waals surface area contributed by atoms with Crippen molar-refractivity contribution in [1.29, 1.82) is 0 Å². The van der Waals surface area contributed by atoms with Gasteiger partial charge in [0.25, 0.3) is 0 Å². The highest BCUT2D eigenvalue weighted by molar-refractivity contribution is 9.10. The highest BCUT2D eigenvalue weighted by Crippen LogP contribution is 2.25. The van der Waals surface area contributed by atoms with E-state index in [1.54, 1.807) is 25.2 Å². The van der Waals surface area contributed by atoms with E-state index in [2.05, 4.69) is 36.5 Å². The Morgan fingerprint density at radius 3 is 2.33 bits per heavy atom. The summed E-state index contributed by atoms with van der Waals surface area (Å²) in [5, 5.41) is 6.12. The Morgan fingerprint density at radius 2 is 1.76 bits per heavy atom. The normalized spacial score (nSPS) is 11.3. The topological polar surface area (TPSA) is 49.8 Å². The van der Waals surface area contributed by atoms with Crippen LogP contribution in [0.3, 0.4) is 0 Å². The highest BCUT2D eigenvalue weighted by atomic mass is 79.9. The van der Waals surface area contributed by atoms with Gasteiger partial charge in [0, 0.05) is 24.2 Å². The third-order valence-electron chi connectivity index (χ3n) is 2.85. The molecule has 0 aliphatic carbocycles. The molecular formula is C15H18BrFN4. The molecule has 2 rings (SSSR count). The molecule has 2 N–H and O–H groups in total. The second-order valence-electron chi connectivity index (χ2n) is 5.72. The van der Waals surface area contributed by atoms with Gasteiger partial charge in [0.05, 0.1) is 4.47 Å². The van der Waals surface area contributed by atoms with E-state index in [4.69, 9.17) is 0 Å². The Labute approximate surface area is 132 Å². The first kappa shape index (κ1) is 15.7. The number of hydrogen-bond acceptors (Lipinski definition) is 4. The highest BCUT2D eigenvalue weighted by Gasteiger charge is 2.19. The van der Waals surface area contributed by atoms with E-state index in [1.165, 1.54) is 6.07 Å². The first-order chi connectivity index (χ1) is 9.79. The maximum absolute atomic E-state index is 13.6. The predicted molar refractivity (Wildman–Crippen MR) is 87.7 cm³/mol. The number of nitrogens with zero attached hydrogens (tertiary/aromatic N) is 2. The van der Waals surface area contributed by atoms with Crippen LogP contribution in [-0.4, -0.2) is 17.0 Å². The summed E-state index contributed by atoms with van der Waals surface area (Å²) in [5.74, 6) is 1.74. The molecule has 2 aromatic rings. The van der Waals surface area contributed by atoms with Gasteiger partial charge in [0.1, 0.15) is 23.3 Å². The first-order valence-electron chi connectivity index (χ1n) is 6.59. The fourth-order valence-electron chi connectivity index (χ4n) is 1.70. The zero-order valence-corrected chi connectivity index (χ0v) is 14.0. The van der Waals surface area contributed by atoms with Crippen molar-refractivity contribution in [3.8, 4) is 0 Å². The van der Waals surface area contributed by atoms with Crippen LogP contribution < -0.4 is 10.6 Å². The zero-order valence-electron chi connectivity index (χ0n) is 12.5. The van der Waals surface area contributed by atoms with E-state index in [1.807, 2.05) is 20.8 Å². The fraction of sp³-hybridized carbons (Fsp3) is 0.333. The molecule has 0 saturated heterocycles. The lowest BCUT2D eigenvalue weighted by atomic mass is 9.96. The molecule has 1 aromatic carbocycles. The largest absolute Gasteiger partial charge is 0.373 e. The molecule has 0 fully saturated rings. The lowest BCUT2D eigenvalue weighted by molar-refractivity contribution is 0.547. The molecule has 0 aliphatic rings. The van der Waals surface area contributed by atoms with Crippen LogP contribution in [0.1, 0.15) is 26.6 Å². The average Bonchev–Trinajstić information content (AvgIpc) is 2.41. The number of nitrogens with one attached hydrogen (secondary N) is 2. The molecule has 1 aromatic heterocycles. The van der Waals surface area contributed by atoms with E-state index in [-0.39, 0.29) is 11.2 Å². The molecule has 0 unspecified atom stereocenters. The summed E-state index contributed by atoms with van der Waals surface area (Å²) >= 11 is 3.14. The second kappa shape index (κ2) is 5.97. The van der Waals surface area contributed by atoms with Gasteiger partial charge in [-0.15, -0.1) is 0 Å².